The highest BCUT2D eigenvalue weighted by Crippen LogP contribution is 2.31. The predicted molar refractivity (Wildman–Crippen MR) is 85.1 cm³/mol. The Hall–Kier alpha value is -0.480. The van der Waals surface area contributed by atoms with E-state index in [0.717, 1.165) is 36.4 Å². The number of aromatic nitrogens is 2. The molecule has 6 heteroatoms. The normalized spacial score (nSPS) is 13.1. The van der Waals surface area contributed by atoms with Crippen LogP contribution in [0, 0.1) is 0 Å². The quantitative estimate of drug-likeness (QED) is 0.544. The van der Waals surface area contributed by atoms with Gasteiger partial charge in [-0.3, -0.25) is 0 Å². The average Bonchev–Trinajstić information content (AvgIpc) is 2.74. The molecule has 2 rings (SSSR count). The number of fused-ring (bicyclic) bond motifs is 1. The van der Waals surface area contributed by atoms with Crippen molar-refractivity contribution in [3.63, 3.8) is 0 Å². The number of aryl methyl sites for hydroxylation is 1. The van der Waals surface area contributed by atoms with Gasteiger partial charge in [0.2, 0.25) is 0 Å². The lowest BCUT2D eigenvalue weighted by molar-refractivity contribution is 0.141. The molecule has 20 heavy (non-hydrogen) atoms. The second-order valence-electron chi connectivity index (χ2n) is 4.54. The first-order chi connectivity index (χ1) is 9.54. The zero-order chi connectivity index (χ0) is 14.7. The number of benzene rings is 1. The maximum Gasteiger partial charge on any atom is 0.127 e. The minimum Gasteiger partial charge on any atom is -0.382 e. The lowest BCUT2D eigenvalue weighted by Gasteiger charge is -2.10. The molecule has 0 bridgehead atoms. The molecule has 0 radical (unpaired) electrons. The van der Waals surface area contributed by atoms with E-state index in [2.05, 4.69) is 9.55 Å². The van der Waals surface area contributed by atoms with Gasteiger partial charge in [0.1, 0.15) is 5.82 Å². The first-order valence-electron chi connectivity index (χ1n) is 6.61. The van der Waals surface area contributed by atoms with Crippen LogP contribution in [0.3, 0.4) is 0 Å². The van der Waals surface area contributed by atoms with Crippen molar-refractivity contribution in [2.75, 3.05) is 13.2 Å². The fourth-order valence-corrected chi connectivity index (χ4v) is 2.63. The van der Waals surface area contributed by atoms with Crippen molar-refractivity contribution in [1.82, 2.24) is 9.55 Å². The molecule has 3 nitrogen and oxygen atoms in total. The smallest absolute Gasteiger partial charge is 0.127 e. The van der Waals surface area contributed by atoms with E-state index < -0.39 is 0 Å². The molecule has 0 N–H and O–H groups in total. The molecule has 0 saturated carbocycles. The van der Waals surface area contributed by atoms with Crippen molar-refractivity contribution >= 4 is 45.8 Å². The van der Waals surface area contributed by atoms with Gasteiger partial charge in [-0.05, 0) is 32.4 Å². The zero-order valence-electron chi connectivity index (χ0n) is 11.5. The van der Waals surface area contributed by atoms with E-state index in [-0.39, 0.29) is 5.38 Å². The number of nitrogens with zero attached hydrogens (tertiary/aromatic N) is 2. The van der Waals surface area contributed by atoms with Crippen LogP contribution in [-0.4, -0.2) is 22.8 Å². The summed E-state index contributed by atoms with van der Waals surface area (Å²) in [5.41, 5.74) is 1.77. The summed E-state index contributed by atoms with van der Waals surface area (Å²) in [7, 11) is 0. The van der Waals surface area contributed by atoms with Gasteiger partial charge in [0, 0.05) is 19.8 Å². The highest BCUT2D eigenvalue weighted by atomic mass is 35.5. The van der Waals surface area contributed by atoms with Crippen LogP contribution in [0.25, 0.3) is 11.0 Å². The molecule has 110 valence electrons. The molecule has 0 amide bonds. The van der Waals surface area contributed by atoms with Gasteiger partial charge >= 0.3 is 0 Å². The van der Waals surface area contributed by atoms with Gasteiger partial charge in [0.05, 0.1) is 26.5 Å². The molecule has 0 fully saturated rings. The van der Waals surface area contributed by atoms with Crippen LogP contribution in [0.1, 0.15) is 31.5 Å². The van der Waals surface area contributed by atoms with Crippen molar-refractivity contribution in [2.24, 2.45) is 0 Å². The third-order valence-electron chi connectivity index (χ3n) is 3.05. The molecular formula is C14H17Cl3N2O. The van der Waals surface area contributed by atoms with E-state index >= 15 is 0 Å². The maximum atomic E-state index is 6.22. The standard InChI is InChI=1S/C14H17Cl3N2O/c1-3-20-6-4-5-19-13-8-11(17)10(16)7-12(13)18-14(19)9(2)15/h7-9H,3-6H2,1-2H3. The average molecular weight is 336 g/mol. The molecule has 1 unspecified atom stereocenters. The van der Waals surface area contributed by atoms with Crippen LogP contribution in [-0.2, 0) is 11.3 Å². The Balaban J connectivity index is 2.37. The lowest BCUT2D eigenvalue weighted by atomic mass is 10.3. The number of rotatable bonds is 6. The van der Waals surface area contributed by atoms with E-state index in [9.17, 15) is 0 Å². The van der Waals surface area contributed by atoms with E-state index in [0.29, 0.717) is 16.7 Å². The van der Waals surface area contributed by atoms with Crippen LogP contribution in [0.4, 0.5) is 0 Å². The monoisotopic (exact) mass is 334 g/mol. The highest BCUT2D eigenvalue weighted by Gasteiger charge is 2.16. The minimum absolute atomic E-state index is 0.174. The van der Waals surface area contributed by atoms with Crippen LogP contribution in [0.2, 0.25) is 10.0 Å². The summed E-state index contributed by atoms with van der Waals surface area (Å²) < 4.78 is 7.46. The Labute approximate surface area is 133 Å². The van der Waals surface area contributed by atoms with Gasteiger partial charge in [-0.25, -0.2) is 4.98 Å². The van der Waals surface area contributed by atoms with E-state index in [1.807, 2.05) is 19.9 Å². The van der Waals surface area contributed by atoms with Gasteiger partial charge in [-0.2, -0.15) is 0 Å². The Morgan fingerprint density at radius 1 is 1.30 bits per heavy atom. The number of imidazole rings is 1. The molecule has 0 aliphatic heterocycles. The van der Waals surface area contributed by atoms with Crippen molar-refractivity contribution in [2.45, 2.75) is 32.2 Å². The second-order valence-corrected chi connectivity index (χ2v) is 6.01. The summed E-state index contributed by atoms with van der Waals surface area (Å²) in [5.74, 6) is 0.830. The number of hydrogen-bond donors (Lipinski definition) is 0. The Bertz CT molecular complexity index is 596. The second kappa shape index (κ2) is 6.99. The first kappa shape index (κ1) is 15.9. The zero-order valence-corrected chi connectivity index (χ0v) is 13.8. The van der Waals surface area contributed by atoms with Crippen molar-refractivity contribution in [3.05, 3.63) is 28.0 Å². The number of halogens is 3. The molecule has 2 aromatic rings. The van der Waals surface area contributed by atoms with Gasteiger partial charge in [-0.15, -0.1) is 11.6 Å². The molecule has 0 saturated heterocycles. The number of hydrogen-bond acceptors (Lipinski definition) is 2. The fourth-order valence-electron chi connectivity index (χ4n) is 2.15. The van der Waals surface area contributed by atoms with E-state index in [4.69, 9.17) is 39.5 Å². The van der Waals surface area contributed by atoms with Gasteiger partial charge in [0.25, 0.3) is 0 Å². The third-order valence-corrected chi connectivity index (χ3v) is 3.97. The summed E-state index contributed by atoms with van der Waals surface area (Å²) in [6.07, 6.45) is 0.899. The molecular weight excluding hydrogens is 319 g/mol. The first-order valence-corrected chi connectivity index (χ1v) is 7.80. The number of alkyl halides is 1. The maximum absolute atomic E-state index is 6.22. The molecule has 1 aromatic carbocycles. The van der Waals surface area contributed by atoms with Crippen molar-refractivity contribution in [1.29, 1.82) is 0 Å². The summed E-state index contributed by atoms with van der Waals surface area (Å²) >= 11 is 18.4. The SMILES string of the molecule is CCOCCCn1c(C(C)Cl)nc2cc(Cl)c(Cl)cc21. The van der Waals surface area contributed by atoms with Crippen LogP contribution >= 0.6 is 34.8 Å². The molecule has 0 aliphatic carbocycles. The van der Waals surface area contributed by atoms with Gasteiger partial charge in [-0.1, -0.05) is 23.2 Å². The summed E-state index contributed by atoms with van der Waals surface area (Å²) in [6.45, 7) is 6.13. The number of ether oxygens (including phenoxy) is 1. The summed E-state index contributed by atoms with van der Waals surface area (Å²) in [5, 5.41) is 0.859. The highest BCUT2D eigenvalue weighted by molar-refractivity contribution is 6.42. The van der Waals surface area contributed by atoms with Gasteiger partial charge < -0.3 is 9.30 Å². The Kier molecular flexibility index (Phi) is 5.56. The third kappa shape index (κ3) is 3.40. The topological polar surface area (TPSA) is 27.1 Å². The molecule has 1 atom stereocenters. The Morgan fingerprint density at radius 3 is 2.65 bits per heavy atom. The van der Waals surface area contributed by atoms with Crippen molar-refractivity contribution in [3.8, 4) is 0 Å². The van der Waals surface area contributed by atoms with Crippen LogP contribution in [0.5, 0.6) is 0 Å². The predicted octanol–water partition coefficient (Wildman–Crippen LogP) is 5.07. The molecule has 0 aliphatic rings. The fraction of sp³-hybridized carbons (Fsp3) is 0.500. The molecule has 0 spiro atoms. The molecule has 1 aromatic heterocycles. The lowest BCUT2D eigenvalue weighted by Crippen LogP contribution is -2.07. The Morgan fingerprint density at radius 2 is 2.00 bits per heavy atom. The summed E-state index contributed by atoms with van der Waals surface area (Å²) in [6, 6.07) is 3.62. The minimum atomic E-state index is -0.174. The van der Waals surface area contributed by atoms with Crippen LogP contribution < -0.4 is 0 Å². The van der Waals surface area contributed by atoms with Crippen molar-refractivity contribution < 1.29 is 4.74 Å². The molecule has 1 heterocycles. The largest absolute Gasteiger partial charge is 0.382 e. The van der Waals surface area contributed by atoms with E-state index in [1.165, 1.54) is 0 Å². The summed E-state index contributed by atoms with van der Waals surface area (Å²) in [4.78, 5) is 4.56. The van der Waals surface area contributed by atoms with Crippen LogP contribution in [0.15, 0.2) is 12.1 Å². The van der Waals surface area contributed by atoms with Gasteiger partial charge in [0.15, 0.2) is 0 Å². The van der Waals surface area contributed by atoms with E-state index in [1.54, 1.807) is 6.07 Å².